The van der Waals surface area contributed by atoms with Crippen LogP contribution in [0.25, 0.3) is 11.2 Å². The molecule has 1 aliphatic rings. The van der Waals surface area contributed by atoms with E-state index in [0.29, 0.717) is 11.7 Å². The van der Waals surface area contributed by atoms with Crippen LogP contribution in [0.15, 0.2) is 24.5 Å². The molecular formula is C15H17N7. The number of nitrogens with zero attached hydrogens (tertiary/aromatic N) is 6. The Hall–Kier alpha value is -2.57. The summed E-state index contributed by atoms with van der Waals surface area (Å²) in [4.78, 5) is 17.5. The molecule has 1 unspecified atom stereocenters. The summed E-state index contributed by atoms with van der Waals surface area (Å²) in [7, 11) is 0. The Morgan fingerprint density at radius 3 is 3.05 bits per heavy atom. The SMILES string of the molecule is CCc1nc2n(n1)CC(Nc1ccc3nccnc3n1)CC2. The first kappa shape index (κ1) is 13.1. The number of aromatic nitrogens is 6. The fraction of sp³-hybridized carbons (Fsp3) is 0.400. The molecule has 4 heterocycles. The highest BCUT2D eigenvalue weighted by atomic mass is 15.4. The smallest absolute Gasteiger partial charge is 0.180 e. The molecule has 7 heteroatoms. The van der Waals surface area contributed by atoms with Gasteiger partial charge in [0.2, 0.25) is 0 Å². The van der Waals surface area contributed by atoms with Gasteiger partial charge in [0.05, 0.1) is 6.54 Å². The van der Waals surface area contributed by atoms with Crippen LogP contribution in [0.4, 0.5) is 5.82 Å². The summed E-state index contributed by atoms with van der Waals surface area (Å²) in [5, 5.41) is 8.01. The van der Waals surface area contributed by atoms with E-state index in [0.717, 1.165) is 48.8 Å². The predicted molar refractivity (Wildman–Crippen MR) is 82.5 cm³/mol. The second-order valence-corrected chi connectivity index (χ2v) is 5.46. The van der Waals surface area contributed by atoms with Crippen LogP contribution in [-0.2, 0) is 19.4 Å². The van der Waals surface area contributed by atoms with E-state index in [2.05, 4.69) is 37.3 Å². The molecule has 3 aromatic rings. The van der Waals surface area contributed by atoms with E-state index < -0.39 is 0 Å². The van der Waals surface area contributed by atoms with Gasteiger partial charge in [0.25, 0.3) is 0 Å². The van der Waals surface area contributed by atoms with Crippen LogP contribution >= 0.6 is 0 Å². The highest BCUT2D eigenvalue weighted by Gasteiger charge is 2.21. The number of hydrogen-bond donors (Lipinski definition) is 1. The molecule has 1 atom stereocenters. The summed E-state index contributed by atoms with van der Waals surface area (Å²) in [5.41, 5.74) is 1.47. The lowest BCUT2D eigenvalue weighted by Crippen LogP contribution is -2.32. The summed E-state index contributed by atoms with van der Waals surface area (Å²) in [6.45, 7) is 2.90. The van der Waals surface area contributed by atoms with E-state index in [1.165, 1.54) is 0 Å². The lowest BCUT2D eigenvalue weighted by Gasteiger charge is -2.23. The van der Waals surface area contributed by atoms with Gasteiger partial charge in [0.15, 0.2) is 11.5 Å². The molecule has 0 radical (unpaired) electrons. The Morgan fingerprint density at radius 1 is 1.23 bits per heavy atom. The third-order valence-corrected chi connectivity index (χ3v) is 3.90. The van der Waals surface area contributed by atoms with Crippen molar-refractivity contribution >= 4 is 17.0 Å². The van der Waals surface area contributed by atoms with Gasteiger partial charge in [-0.3, -0.25) is 4.98 Å². The van der Waals surface area contributed by atoms with Crippen LogP contribution in [-0.4, -0.2) is 35.8 Å². The van der Waals surface area contributed by atoms with Crippen molar-refractivity contribution in [3.8, 4) is 0 Å². The number of hydrogen-bond acceptors (Lipinski definition) is 6. The van der Waals surface area contributed by atoms with Gasteiger partial charge in [-0.05, 0) is 18.6 Å². The maximum Gasteiger partial charge on any atom is 0.180 e. The van der Waals surface area contributed by atoms with Crippen LogP contribution in [0.5, 0.6) is 0 Å². The topological polar surface area (TPSA) is 81.4 Å². The summed E-state index contributed by atoms with van der Waals surface area (Å²) >= 11 is 0. The van der Waals surface area contributed by atoms with Crippen molar-refractivity contribution in [3.63, 3.8) is 0 Å². The Kier molecular flexibility index (Phi) is 3.17. The largest absolute Gasteiger partial charge is 0.365 e. The third kappa shape index (κ3) is 2.38. The van der Waals surface area contributed by atoms with E-state index in [9.17, 15) is 0 Å². The van der Waals surface area contributed by atoms with E-state index in [4.69, 9.17) is 0 Å². The minimum atomic E-state index is 0.306. The third-order valence-electron chi connectivity index (χ3n) is 3.90. The predicted octanol–water partition coefficient (Wildman–Crippen LogP) is 1.61. The maximum atomic E-state index is 4.54. The van der Waals surface area contributed by atoms with Gasteiger partial charge in [-0.25, -0.2) is 19.6 Å². The summed E-state index contributed by atoms with van der Waals surface area (Å²) in [5.74, 6) is 2.85. The molecule has 0 aromatic carbocycles. The fourth-order valence-corrected chi connectivity index (χ4v) is 2.77. The highest BCUT2D eigenvalue weighted by Crippen LogP contribution is 2.18. The Bertz CT molecular complexity index is 811. The molecule has 0 bridgehead atoms. The number of anilines is 1. The highest BCUT2D eigenvalue weighted by molar-refractivity contribution is 5.71. The van der Waals surface area contributed by atoms with Gasteiger partial charge < -0.3 is 5.32 Å². The van der Waals surface area contributed by atoms with Crippen LogP contribution in [0, 0.1) is 0 Å². The Labute approximate surface area is 127 Å². The monoisotopic (exact) mass is 295 g/mol. The summed E-state index contributed by atoms with van der Waals surface area (Å²) in [6, 6.07) is 4.20. The van der Waals surface area contributed by atoms with Crippen LogP contribution in [0.2, 0.25) is 0 Å². The molecule has 0 spiro atoms. The second-order valence-electron chi connectivity index (χ2n) is 5.46. The molecule has 0 saturated carbocycles. The first-order valence-corrected chi connectivity index (χ1v) is 7.58. The van der Waals surface area contributed by atoms with Gasteiger partial charge in [0.1, 0.15) is 17.2 Å². The number of rotatable bonds is 3. The van der Waals surface area contributed by atoms with E-state index >= 15 is 0 Å². The minimum absolute atomic E-state index is 0.306. The van der Waals surface area contributed by atoms with Gasteiger partial charge in [-0.2, -0.15) is 5.10 Å². The zero-order valence-corrected chi connectivity index (χ0v) is 12.4. The normalized spacial score (nSPS) is 17.4. The van der Waals surface area contributed by atoms with E-state index in [1.807, 2.05) is 16.8 Å². The Morgan fingerprint density at radius 2 is 2.14 bits per heavy atom. The molecule has 1 aliphatic heterocycles. The number of aryl methyl sites for hydroxylation is 2. The van der Waals surface area contributed by atoms with Crippen molar-refractivity contribution in [1.29, 1.82) is 0 Å². The van der Waals surface area contributed by atoms with Crippen molar-refractivity contribution in [2.24, 2.45) is 0 Å². The molecular weight excluding hydrogens is 278 g/mol. The quantitative estimate of drug-likeness (QED) is 0.790. The first-order valence-electron chi connectivity index (χ1n) is 7.58. The van der Waals surface area contributed by atoms with E-state index in [-0.39, 0.29) is 0 Å². The molecule has 7 nitrogen and oxygen atoms in total. The van der Waals surface area contributed by atoms with Crippen LogP contribution in [0.1, 0.15) is 25.0 Å². The van der Waals surface area contributed by atoms with Crippen molar-refractivity contribution in [1.82, 2.24) is 29.7 Å². The molecule has 3 aromatic heterocycles. The molecule has 0 aliphatic carbocycles. The number of pyridine rings is 1. The van der Waals surface area contributed by atoms with Crippen molar-refractivity contribution in [2.45, 2.75) is 38.8 Å². The van der Waals surface area contributed by atoms with Crippen LogP contribution < -0.4 is 5.32 Å². The van der Waals surface area contributed by atoms with Crippen molar-refractivity contribution in [2.75, 3.05) is 5.32 Å². The van der Waals surface area contributed by atoms with Crippen LogP contribution in [0.3, 0.4) is 0 Å². The zero-order valence-electron chi connectivity index (χ0n) is 12.4. The standard InChI is InChI=1S/C15H17N7/c1-2-12-19-14-6-3-10(9-22(14)21-12)18-13-5-4-11-15(20-13)17-8-7-16-11/h4-5,7-8,10H,2-3,6,9H2,1H3,(H,17,18,20). The van der Waals surface area contributed by atoms with Gasteiger partial charge in [-0.1, -0.05) is 6.92 Å². The molecule has 22 heavy (non-hydrogen) atoms. The number of nitrogens with one attached hydrogen (secondary N) is 1. The average molecular weight is 295 g/mol. The van der Waals surface area contributed by atoms with Gasteiger partial charge >= 0.3 is 0 Å². The molecule has 0 amide bonds. The second kappa shape index (κ2) is 5.32. The van der Waals surface area contributed by atoms with Gasteiger partial charge in [0, 0.05) is 31.3 Å². The molecule has 0 fully saturated rings. The lowest BCUT2D eigenvalue weighted by atomic mass is 10.1. The first-order chi connectivity index (χ1) is 10.8. The Balaban J connectivity index is 1.53. The molecule has 4 rings (SSSR count). The average Bonchev–Trinajstić information content (AvgIpc) is 2.97. The molecule has 0 saturated heterocycles. The maximum absolute atomic E-state index is 4.54. The molecule has 1 N–H and O–H groups in total. The minimum Gasteiger partial charge on any atom is -0.365 e. The fourth-order valence-electron chi connectivity index (χ4n) is 2.77. The van der Waals surface area contributed by atoms with Crippen molar-refractivity contribution in [3.05, 3.63) is 36.2 Å². The number of fused-ring (bicyclic) bond motifs is 2. The van der Waals surface area contributed by atoms with E-state index in [1.54, 1.807) is 12.4 Å². The molecule has 112 valence electrons. The summed E-state index contributed by atoms with van der Waals surface area (Å²) < 4.78 is 2.01. The summed E-state index contributed by atoms with van der Waals surface area (Å²) in [6.07, 6.45) is 6.19. The lowest BCUT2D eigenvalue weighted by molar-refractivity contribution is 0.440. The zero-order chi connectivity index (χ0) is 14.9. The van der Waals surface area contributed by atoms with Crippen molar-refractivity contribution < 1.29 is 0 Å². The van der Waals surface area contributed by atoms with Gasteiger partial charge in [-0.15, -0.1) is 0 Å².